The Morgan fingerprint density at radius 1 is 1.35 bits per heavy atom. The number of carbonyl (C=O) groups is 1. The second kappa shape index (κ2) is 8.26. The van der Waals surface area contributed by atoms with Crippen molar-refractivity contribution in [1.29, 1.82) is 0 Å². The van der Waals surface area contributed by atoms with Crippen molar-refractivity contribution in [3.8, 4) is 5.75 Å². The van der Waals surface area contributed by atoms with Gasteiger partial charge < -0.3 is 14.7 Å². The largest absolute Gasteiger partial charge is 0.481 e. The van der Waals surface area contributed by atoms with E-state index in [2.05, 4.69) is 4.90 Å². The second-order valence-electron chi connectivity index (χ2n) is 5.82. The van der Waals surface area contributed by atoms with Gasteiger partial charge in [0.1, 0.15) is 11.6 Å². The predicted molar refractivity (Wildman–Crippen MR) is 85.8 cm³/mol. The molecule has 1 aliphatic heterocycles. The molecule has 0 saturated carbocycles. The zero-order chi connectivity index (χ0) is 16.8. The fraction of sp³-hybridized carbons (Fsp3) is 0.588. The molecule has 2 rings (SSSR count). The summed E-state index contributed by atoms with van der Waals surface area (Å²) in [7, 11) is 0. The van der Waals surface area contributed by atoms with Gasteiger partial charge >= 0.3 is 0 Å². The molecule has 1 aromatic carbocycles. The van der Waals surface area contributed by atoms with Crippen LogP contribution in [0.25, 0.3) is 0 Å². The van der Waals surface area contributed by atoms with Crippen molar-refractivity contribution in [3.63, 3.8) is 0 Å². The van der Waals surface area contributed by atoms with Crippen molar-refractivity contribution in [2.75, 3.05) is 32.8 Å². The molecule has 1 fully saturated rings. The number of rotatable bonds is 6. The summed E-state index contributed by atoms with van der Waals surface area (Å²) in [5.74, 6) is -0.118. The Kier molecular flexibility index (Phi) is 6.36. The number of ether oxygens (including phenoxy) is 1. The first kappa shape index (κ1) is 17.7. The van der Waals surface area contributed by atoms with E-state index in [9.17, 15) is 14.3 Å². The van der Waals surface area contributed by atoms with Gasteiger partial charge in [0.15, 0.2) is 6.10 Å². The first-order valence-corrected chi connectivity index (χ1v) is 8.11. The molecular formula is C17H25FN2O3. The highest BCUT2D eigenvalue weighted by Crippen LogP contribution is 2.16. The highest BCUT2D eigenvalue weighted by atomic mass is 19.1. The molecule has 0 bridgehead atoms. The summed E-state index contributed by atoms with van der Waals surface area (Å²) < 4.78 is 18.7. The molecule has 2 unspecified atom stereocenters. The molecule has 0 aromatic heterocycles. The maximum atomic E-state index is 13.2. The van der Waals surface area contributed by atoms with Crippen LogP contribution in [0.15, 0.2) is 24.3 Å². The quantitative estimate of drug-likeness (QED) is 0.862. The fourth-order valence-corrected chi connectivity index (χ4v) is 2.86. The lowest BCUT2D eigenvalue weighted by Crippen LogP contribution is -2.54. The van der Waals surface area contributed by atoms with Crippen molar-refractivity contribution in [2.45, 2.75) is 32.4 Å². The maximum Gasteiger partial charge on any atom is 0.263 e. The molecule has 1 saturated heterocycles. The summed E-state index contributed by atoms with van der Waals surface area (Å²) in [6, 6.07) is 5.96. The van der Waals surface area contributed by atoms with Crippen LogP contribution >= 0.6 is 0 Å². The van der Waals surface area contributed by atoms with Crippen LogP contribution in [-0.4, -0.2) is 65.7 Å². The van der Waals surface area contributed by atoms with Crippen LogP contribution in [0.2, 0.25) is 0 Å². The Labute approximate surface area is 136 Å². The molecule has 128 valence electrons. The fourth-order valence-electron chi connectivity index (χ4n) is 2.86. The van der Waals surface area contributed by atoms with Crippen LogP contribution in [-0.2, 0) is 4.79 Å². The molecule has 1 aromatic rings. The van der Waals surface area contributed by atoms with Gasteiger partial charge in [-0.3, -0.25) is 9.69 Å². The van der Waals surface area contributed by atoms with Gasteiger partial charge in [-0.2, -0.15) is 0 Å². The van der Waals surface area contributed by atoms with E-state index in [-0.39, 0.29) is 24.4 Å². The van der Waals surface area contributed by atoms with Crippen molar-refractivity contribution in [3.05, 3.63) is 30.1 Å². The highest BCUT2D eigenvalue weighted by molar-refractivity contribution is 5.81. The van der Waals surface area contributed by atoms with E-state index in [0.717, 1.165) is 19.5 Å². The number of benzene rings is 1. The second-order valence-corrected chi connectivity index (χ2v) is 5.82. The van der Waals surface area contributed by atoms with Gasteiger partial charge in [0.25, 0.3) is 5.91 Å². The van der Waals surface area contributed by atoms with Crippen LogP contribution in [0.5, 0.6) is 5.75 Å². The smallest absolute Gasteiger partial charge is 0.263 e. The standard InChI is InChI=1S/C17H25FN2O3/c1-3-15(12-21)19-7-9-20(10-8-19)17(22)13(2)23-16-6-4-5-14(18)11-16/h4-6,11,13,15,21H,3,7-10,12H2,1-2H3. The van der Waals surface area contributed by atoms with Gasteiger partial charge in [0.05, 0.1) is 6.61 Å². The lowest BCUT2D eigenvalue weighted by molar-refractivity contribution is -0.140. The normalized spacial score (nSPS) is 18.5. The van der Waals surface area contributed by atoms with E-state index >= 15 is 0 Å². The third kappa shape index (κ3) is 4.65. The molecule has 1 aliphatic rings. The molecule has 1 N–H and O–H groups in total. The minimum atomic E-state index is -0.650. The lowest BCUT2D eigenvalue weighted by atomic mass is 10.1. The van der Waals surface area contributed by atoms with Crippen molar-refractivity contribution < 1.29 is 19.0 Å². The SMILES string of the molecule is CCC(CO)N1CCN(C(=O)C(C)Oc2cccc(F)c2)CC1. The molecule has 23 heavy (non-hydrogen) atoms. The van der Waals surface area contributed by atoms with Crippen LogP contribution in [0, 0.1) is 5.82 Å². The summed E-state index contributed by atoms with van der Waals surface area (Å²) in [6.45, 7) is 6.60. The number of amides is 1. The highest BCUT2D eigenvalue weighted by Gasteiger charge is 2.28. The van der Waals surface area contributed by atoms with Gasteiger partial charge in [0, 0.05) is 38.3 Å². The summed E-state index contributed by atoms with van der Waals surface area (Å²) in [5.41, 5.74) is 0. The number of nitrogens with zero attached hydrogens (tertiary/aromatic N) is 2. The topological polar surface area (TPSA) is 53.0 Å². The Morgan fingerprint density at radius 2 is 2.04 bits per heavy atom. The zero-order valence-electron chi connectivity index (χ0n) is 13.7. The first-order valence-electron chi connectivity index (χ1n) is 8.11. The lowest BCUT2D eigenvalue weighted by Gasteiger charge is -2.39. The molecule has 0 radical (unpaired) electrons. The third-order valence-corrected chi connectivity index (χ3v) is 4.28. The Balaban J connectivity index is 1.86. The first-order chi connectivity index (χ1) is 11.0. The average Bonchev–Trinajstić information content (AvgIpc) is 2.56. The maximum absolute atomic E-state index is 13.2. The van der Waals surface area contributed by atoms with Gasteiger partial charge in [-0.15, -0.1) is 0 Å². The Hall–Kier alpha value is -1.66. The summed E-state index contributed by atoms with van der Waals surface area (Å²) in [6.07, 6.45) is 0.243. The molecule has 6 heteroatoms. The van der Waals surface area contributed by atoms with Crippen molar-refractivity contribution in [1.82, 2.24) is 9.80 Å². The van der Waals surface area contributed by atoms with E-state index in [1.807, 2.05) is 6.92 Å². The van der Waals surface area contributed by atoms with Crippen LogP contribution < -0.4 is 4.74 Å². The van der Waals surface area contributed by atoms with E-state index in [1.165, 1.54) is 12.1 Å². The molecular weight excluding hydrogens is 299 g/mol. The average molecular weight is 324 g/mol. The van der Waals surface area contributed by atoms with Gasteiger partial charge in [-0.05, 0) is 25.5 Å². The van der Waals surface area contributed by atoms with E-state index in [1.54, 1.807) is 24.0 Å². The van der Waals surface area contributed by atoms with Gasteiger partial charge in [-0.1, -0.05) is 13.0 Å². The van der Waals surface area contributed by atoms with Crippen molar-refractivity contribution >= 4 is 5.91 Å². The zero-order valence-corrected chi connectivity index (χ0v) is 13.7. The predicted octanol–water partition coefficient (Wildman–Crippen LogP) is 1.51. The molecule has 1 heterocycles. The van der Waals surface area contributed by atoms with Crippen LogP contribution in [0.1, 0.15) is 20.3 Å². The van der Waals surface area contributed by atoms with Gasteiger partial charge in [0.2, 0.25) is 0 Å². The number of carbonyl (C=O) groups excluding carboxylic acids is 1. The summed E-state index contributed by atoms with van der Waals surface area (Å²) in [5, 5.41) is 9.36. The van der Waals surface area contributed by atoms with E-state index < -0.39 is 6.10 Å². The Morgan fingerprint density at radius 3 is 2.61 bits per heavy atom. The van der Waals surface area contributed by atoms with Gasteiger partial charge in [-0.25, -0.2) is 4.39 Å². The van der Waals surface area contributed by atoms with Crippen LogP contribution in [0.4, 0.5) is 4.39 Å². The number of hydrogen-bond acceptors (Lipinski definition) is 4. The number of halogens is 1. The number of aliphatic hydroxyl groups excluding tert-OH is 1. The number of aliphatic hydroxyl groups is 1. The van der Waals surface area contributed by atoms with E-state index in [4.69, 9.17) is 4.74 Å². The Bertz CT molecular complexity index is 514. The third-order valence-electron chi connectivity index (χ3n) is 4.28. The minimum Gasteiger partial charge on any atom is -0.481 e. The summed E-state index contributed by atoms with van der Waals surface area (Å²) >= 11 is 0. The monoisotopic (exact) mass is 324 g/mol. The van der Waals surface area contributed by atoms with E-state index in [0.29, 0.717) is 18.8 Å². The van der Waals surface area contributed by atoms with Crippen LogP contribution in [0.3, 0.4) is 0 Å². The molecule has 1 amide bonds. The number of piperazine rings is 1. The molecule has 2 atom stereocenters. The molecule has 0 spiro atoms. The van der Waals surface area contributed by atoms with Crippen molar-refractivity contribution in [2.24, 2.45) is 0 Å². The summed E-state index contributed by atoms with van der Waals surface area (Å²) in [4.78, 5) is 16.4. The molecule has 5 nitrogen and oxygen atoms in total. The minimum absolute atomic E-state index is 0.0917. The number of hydrogen-bond donors (Lipinski definition) is 1. The molecule has 0 aliphatic carbocycles.